The normalized spacial score (nSPS) is 13.5. The van der Waals surface area contributed by atoms with Gasteiger partial charge in [-0.3, -0.25) is 9.78 Å². The molecule has 108 valence electrons. The Morgan fingerprint density at radius 3 is 3.00 bits per heavy atom. The first kappa shape index (κ1) is 13.7. The van der Waals surface area contributed by atoms with E-state index in [0.29, 0.717) is 12.2 Å². The molecule has 0 bridgehead atoms. The summed E-state index contributed by atoms with van der Waals surface area (Å²) in [5, 5.41) is 2.94. The lowest BCUT2D eigenvalue weighted by molar-refractivity contribution is 0.0947. The Morgan fingerprint density at radius 2 is 2.14 bits per heavy atom. The Balaban J connectivity index is 1.63. The number of nitrogens with one attached hydrogen (secondary N) is 1. The van der Waals surface area contributed by atoms with Gasteiger partial charge in [0.25, 0.3) is 5.91 Å². The molecule has 1 N–H and O–H groups in total. The van der Waals surface area contributed by atoms with Crippen molar-refractivity contribution in [2.24, 2.45) is 0 Å². The summed E-state index contributed by atoms with van der Waals surface area (Å²) in [4.78, 5) is 24.8. The van der Waals surface area contributed by atoms with Crippen molar-refractivity contribution in [3.8, 4) is 0 Å². The molecule has 0 fully saturated rings. The number of nitrogens with zero attached hydrogens (tertiary/aromatic N) is 3. The van der Waals surface area contributed by atoms with Crippen molar-refractivity contribution in [3.05, 3.63) is 53.4 Å². The van der Waals surface area contributed by atoms with E-state index in [0.717, 1.165) is 48.9 Å². The van der Waals surface area contributed by atoms with Gasteiger partial charge in [0.1, 0.15) is 12.0 Å². The molecule has 0 aliphatic heterocycles. The summed E-state index contributed by atoms with van der Waals surface area (Å²) >= 11 is 0. The van der Waals surface area contributed by atoms with Crippen LogP contribution in [0.4, 0.5) is 0 Å². The van der Waals surface area contributed by atoms with Crippen molar-refractivity contribution in [2.75, 3.05) is 6.54 Å². The number of fused-ring (bicyclic) bond motifs is 1. The number of rotatable bonds is 4. The number of amides is 1. The molecule has 1 aliphatic rings. The smallest absolute Gasteiger partial charge is 0.270 e. The molecule has 0 radical (unpaired) electrons. The lowest BCUT2D eigenvalue weighted by atomic mass is 9.94. The number of pyridine rings is 1. The van der Waals surface area contributed by atoms with E-state index in [1.807, 2.05) is 18.3 Å². The van der Waals surface area contributed by atoms with E-state index in [2.05, 4.69) is 20.3 Å². The minimum absolute atomic E-state index is 0.0977. The Kier molecular flexibility index (Phi) is 4.19. The molecular formula is C16H18N4O. The number of carbonyl (C=O) groups excluding carboxylic acids is 1. The van der Waals surface area contributed by atoms with Gasteiger partial charge in [0.15, 0.2) is 0 Å². The van der Waals surface area contributed by atoms with Crippen molar-refractivity contribution in [1.82, 2.24) is 20.3 Å². The molecule has 0 saturated heterocycles. The zero-order chi connectivity index (χ0) is 14.5. The van der Waals surface area contributed by atoms with Gasteiger partial charge in [0.05, 0.1) is 0 Å². The van der Waals surface area contributed by atoms with Crippen LogP contribution in [0.15, 0.2) is 30.9 Å². The van der Waals surface area contributed by atoms with E-state index < -0.39 is 0 Å². The van der Waals surface area contributed by atoms with Gasteiger partial charge in [-0.25, -0.2) is 9.97 Å². The Morgan fingerprint density at radius 1 is 1.24 bits per heavy atom. The second-order valence-corrected chi connectivity index (χ2v) is 5.22. The maximum absolute atomic E-state index is 12.3. The number of aromatic nitrogens is 3. The Labute approximate surface area is 123 Å². The van der Waals surface area contributed by atoms with Crippen molar-refractivity contribution >= 4 is 5.91 Å². The van der Waals surface area contributed by atoms with Crippen molar-refractivity contribution in [1.29, 1.82) is 0 Å². The molecule has 1 amide bonds. The van der Waals surface area contributed by atoms with E-state index in [1.54, 1.807) is 6.20 Å². The fourth-order valence-corrected chi connectivity index (χ4v) is 2.67. The Hall–Kier alpha value is -2.30. The van der Waals surface area contributed by atoms with E-state index >= 15 is 0 Å². The number of carbonyl (C=O) groups is 1. The van der Waals surface area contributed by atoms with Gasteiger partial charge in [-0.1, -0.05) is 6.07 Å². The topological polar surface area (TPSA) is 67.8 Å². The summed E-state index contributed by atoms with van der Waals surface area (Å²) in [6, 6.07) is 3.91. The van der Waals surface area contributed by atoms with Gasteiger partial charge in [-0.15, -0.1) is 0 Å². The third kappa shape index (κ3) is 3.24. The monoisotopic (exact) mass is 282 g/mol. The molecule has 5 nitrogen and oxygen atoms in total. The molecule has 0 atom stereocenters. The molecule has 1 aliphatic carbocycles. The minimum atomic E-state index is -0.0977. The largest absolute Gasteiger partial charge is 0.350 e. The number of hydrogen-bond donors (Lipinski definition) is 1. The summed E-state index contributed by atoms with van der Waals surface area (Å²) in [5.41, 5.74) is 3.73. The highest BCUT2D eigenvalue weighted by molar-refractivity contribution is 5.93. The molecule has 0 spiro atoms. The SMILES string of the molecule is O=C(NCCc1cccnc1)c1ncnc2c1CCCC2. The maximum Gasteiger partial charge on any atom is 0.270 e. The van der Waals surface area contributed by atoms with Gasteiger partial charge in [-0.05, 0) is 43.7 Å². The first-order valence-corrected chi connectivity index (χ1v) is 7.34. The van der Waals surface area contributed by atoms with Gasteiger partial charge in [0, 0.05) is 30.2 Å². The molecular weight excluding hydrogens is 264 g/mol. The number of aryl methyl sites for hydroxylation is 1. The highest BCUT2D eigenvalue weighted by Gasteiger charge is 2.19. The summed E-state index contributed by atoms with van der Waals surface area (Å²) in [5.74, 6) is -0.0977. The molecule has 5 heteroatoms. The molecule has 2 aromatic rings. The van der Waals surface area contributed by atoms with Crippen LogP contribution in [0.25, 0.3) is 0 Å². The van der Waals surface area contributed by atoms with Crippen LogP contribution in [0.3, 0.4) is 0 Å². The van der Waals surface area contributed by atoms with Crippen LogP contribution in [0, 0.1) is 0 Å². The predicted octanol–water partition coefficient (Wildman–Crippen LogP) is 1.72. The third-order valence-electron chi connectivity index (χ3n) is 3.76. The van der Waals surface area contributed by atoms with Gasteiger partial charge in [-0.2, -0.15) is 0 Å². The second kappa shape index (κ2) is 6.43. The minimum Gasteiger partial charge on any atom is -0.350 e. The van der Waals surface area contributed by atoms with Gasteiger partial charge in [0.2, 0.25) is 0 Å². The van der Waals surface area contributed by atoms with Crippen LogP contribution in [0.2, 0.25) is 0 Å². The molecule has 2 aromatic heterocycles. The van der Waals surface area contributed by atoms with E-state index in [1.165, 1.54) is 6.33 Å². The fraction of sp³-hybridized carbons (Fsp3) is 0.375. The number of hydrogen-bond acceptors (Lipinski definition) is 4. The molecule has 0 saturated carbocycles. The van der Waals surface area contributed by atoms with Gasteiger partial charge < -0.3 is 5.32 Å². The maximum atomic E-state index is 12.3. The average molecular weight is 282 g/mol. The highest BCUT2D eigenvalue weighted by atomic mass is 16.1. The van der Waals surface area contributed by atoms with Crippen LogP contribution >= 0.6 is 0 Å². The summed E-state index contributed by atoms with van der Waals surface area (Å²) < 4.78 is 0. The van der Waals surface area contributed by atoms with E-state index in [9.17, 15) is 4.79 Å². The van der Waals surface area contributed by atoms with Crippen LogP contribution < -0.4 is 5.32 Å². The summed E-state index contributed by atoms with van der Waals surface area (Å²) in [6.07, 6.45) is 9.94. The third-order valence-corrected chi connectivity index (χ3v) is 3.76. The lowest BCUT2D eigenvalue weighted by Gasteiger charge is -2.16. The van der Waals surface area contributed by atoms with Crippen LogP contribution in [-0.2, 0) is 19.3 Å². The van der Waals surface area contributed by atoms with Crippen molar-refractivity contribution in [3.63, 3.8) is 0 Å². The zero-order valence-corrected chi connectivity index (χ0v) is 11.9. The van der Waals surface area contributed by atoms with Crippen LogP contribution in [0.5, 0.6) is 0 Å². The molecule has 2 heterocycles. The van der Waals surface area contributed by atoms with Crippen molar-refractivity contribution < 1.29 is 4.79 Å². The van der Waals surface area contributed by atoms with Crippen LogP contribution in [0.1, 0.15) is 40.2 Å². The quantitative estimate of drug-likeness (QED) is 0.927. The van der Waals surface area contributed by atoms with E-state index in [4.69, 9.17) is 0 Å². The molecule has 0 unspecified atom stereocenters. The second-order valence-electron chi connectivity index (χ2n) is 5.22. The fourth-order valence-electron chi connectivity index (χ4n) is 2.67. The average Bonchev–Trinajstić information content (AvgIpc) is 2.55. The first-order valence-electron chi connectivity index (χ1n) is 7.34. The summed E-state index contributed by atoms with van der Waals surface area (Å²) in [7, 11) is 0. The highest BCUT2D eigenvalue weighted by Crippen LogP contribution is 2.21. The van der Waals surface area contributed by atoms with Gasteiger partial charge >= 0.3 is 0 Å². The molecule has 0 aromatic carbocycles. The lowest BCUT2D eigenvalue weighted by Crippen LogP contribution is -2.29. The standard InChI is InChI=1S/C16H18N4O/c21-16(18-9-7-12-4-3-8-17-10-12)15-13-5-1-2-6-14(13)19-11-20-15/h3-4,8,10-11H,1-2,5-7,9H2,(H,18,21). The summed E-state index contributed by atoms with van der Waals surface area (Å²) in [6.45, 7) is 0.587. The predicted molar refractivity (Wildman–Crippen MR) is 78.9 cm³/mol. The first-order chi connectivity index (χ1) is 10.3. The van der Waals surface area contributed by atoms with Crippen LogP contribution in [-0.4, -0.2) is 27.4 Å². The molecule has 3 rings (SSSR count). The van der Waals surface area contributed by atoms with Crippen molar-refractivity contribution in [2.45, 2.75) is 32.1 Å². The Bertz CT molecular complexity index is 627. The zero-order valence-electron chi connectivity index (χ0n) is 11.9. The van der Waals surface area contributed by atoms with E-state index in [-0.39, 0.29) is 5.91 Å². The molecule has 21 heavy (non-hydrogen) atoms.